The third-order valence-electron chi connectivity index (χ3n) is 6.88. The van der Waals surface area contributed by atoms with Crippen LogP contribution in [0.5, 0.6) is 23.5 Å². The van der Waals surface area contributed by atoms with Gasteiger partial charge >= 0.3 is 11.9 Å². The average Bonchev–Trinajstić information content (AvgIpc) is 3.60. The summed E-state index contributed by atoms with van der Waals surface area (Å²) in [6, 6.07) is 0. The summed E-state index contributed by atoms with van der Waals surface area (Å²) in [5.74, 6) is -3.14. The molecular weight excluding hydrogens is 420 g/mol. The zero-order chi connectivity index (χ0) is 22.3. The normalized spacial score (nSPS) is 25.4. The van der Waals surface area contributed by atoms with Crippen LogP contribution in [0.2, 0.25) is 0 Å². The maximum atomic E-state index is 12.2. The van der Waals surface area contributed by atoms with E-state index in [9.17, 15) is 30.0 Å². The number of carbonyl (C=O) groups excluding carboxylic acids is 2. The number of fused-ring (bicyclic) bond motifs is 10. The SMILES string of the molecule is O=C(CCC(=O)On1c(O)c2c(c1O)C1C=CC2C1)On1c(O)c2c(c1O)C1C=CC2C1. The molecule has 0 saturated heterocycles. The number of allylic oxidation sites excluding steroid dienone is 4. The highest BCUT2D eigenvalue weighted by molar-refractivity contribution is 5.78. The fourth-order valence-electron chi connectivity index (χ4n) is 5.51. The van der Waals surface area contributed by atoms with Crippen LogP contribution in [0.25, 0.3) is 0 Å². The summed E-state index contributed by atoms with van der Waals surface area (Å²) in [7, 11) is 0. The number of rotatable bonds is 5. The van der Waals surface area contributed by atoms with Crippen molar-refractivity contribution < 1.29 is 39.7 Å². The largest absolute Gasteiger partial charge is 0.492 e. The lowest BCUT2D eigenvalue weighted by molar-refractivity contribution is -0.152. The van der Waals surface area contributed by atoms with Gasteiger partial charge in [0.25, 0.3) is 0 Å². The lowest BCUT2D eigenvalue weighted by Gasteiger charge is -2.10. The molecule has 0 aromatic carbocycles. The van der Waals surface area contributed by atoms with Gasteiger partial charge in [0.05, 0.1) is 12.8 Å². The van der Waals surface area contributed by atoms with Crippen LogP contribution in [0.15, 0.2) is 24.3 Å². The Hall–Kier alpha value is -3.82. The molecule has 166 valence electrons. The van der Waals surface area contributed by atoms with E-state index in [2.05, 4.69) is 0 Å². The van der Waals surface area contributed by atoms with Crippen LogP contribution in [0, 0.1) is 0 Å². The second-order valence-electron chi connectivity index (χ2n) is 8.63. The third kappa shape index (κ3) is 2.40. The number of hydrogen-bond acceptors (Lipinski definition) is 8. The monoisotopic (exact) mass is 440 g/mol. The van der Waals surface area contributed by atoms with Gasteiger partial charge in [-0.2, -0.15) is 0 Å². The predicted molar refractivity (Wildman–Crippen MR) is 106 cm³/mol. The second-order valence-corrected chi connectivity index (χ2v) is 8.63. The molecule has 0 spiro atoms. The summed E-state index contributed by atoms with van der Waals surface area (Å²) >= 11 is 0. The minimum atomic E-state index is -0.868. The van der Waals surface area contributed by atoms with Crippen molar-refractivity contribution in [3.63, 3.8) is 0 Å². The first-order valence-electron chi connectivity index (χ1n) is 10.5. The Labute approximate surface area is 181 Å². The maximum absolute atomic E-state index is 12.2. The van der Waals surface area contributed by atoms with Gasteiger partial charge in [0, 0.05) is 45.9 Å². The first-order chi connectivity index (χ1) is 15.3. The van der Waals surface area contributed by atoms with Crippen molar-refractivity contribution in [3.8, 4) is 23.5 Å². The molecule has 2 aromatic rings. The molecule has 32 heavy (non-hydrogen) atoms. The Morgan fingerprint density at radius 1 is 0.656 bits per heavy atom. The lowest BCUT2D eigenvalue weighted by Crippen LogP contribution is -2.23. The Morgan fingerprint density at radius 3 is 1.22 bits per heavy atom. The van der Waals surface area contributed by atoms with E-state index in [4.69, 9.17) is 9.68 Å². The van der Waals surface area contributed by atoms with Gasteiger partial charge < -0.3 is 30.1 Å². The van der Waals surface area contributed by atoms with Gasteiger partial charge in [-0.1, -0.05) is 24.3 Å². The number of hydrogen-bond donors (Lipinski definition) is 4. The Balaban J connectivity index is 1.11. The van der Waals surface area contributed by atoms with Gasteiger partial charge in [-0.3, -0.25) is 0 Å². The summed E-state index contributed by atoms with van der Waals surface area (Å²) in [5, 5.41) is 41.5. The van der Waals surface area contributed by atoms with E-state index < -0.39 is 24.8 Å². The molecule has 6 rings (SSSR count). The van der Waals surface area contributed by atoms with E-state index in [1.807, 2.05) is 24.3 Å². The average molecular weight is 440 g/mol. The minimum absolute atomic E-state index is 0.0233. The fourth-order valence-corrected chi connectivity index (χ4v) is 5.51. The Kier molecular flexibility index (Phi) is 3.75. The van der Waals surface area contributed by atoms with Crippen molar-refractivity contribution in [2.75, 3.05) is 0 Å². The molecule has 4 N–H and O–H groups in total. The van der Waals surface area contributed by atoms with Gasteiger partial charge in [-0.25, -0.2) is 9.59 Å². The molecule has 0 amide bonds. The van der Waals surface area contributed by atoms with E-state index in [1.165, 1.54) is 0 Å². The first-order valence-corrected chi connectivity index (χ1v) is 10.5. The van der Waals surface area contributed by atoms with Crippen molar-refractivity contribution in [2.45, 2.75) is 49.4 Å². The molecule has 10 heteroatoms. The zero-order valence-electron chi connectivity index (χ0n) is 16.8. The van der Waals surface area contributed by atoms with Crippen molar-refractivity contribution >= 4 is 11.9 Å². The first kappa shape index (κ1) is 18.9. The summed E-state index contributed by atoms with van der Waals surface area (Å²) in [6.07, 6.45) is 8.51. The molecule has 0 saturated carbocycles. The number of carbonyl (C=O) groups is 2. The van der Waals surface area contributed by atoms with Gasteiger partial charge in [0.2, 0.25) is 23.5 Å². The van der Waals surface area contributed by atoms with E-state index in [0.29, 0.717) is 31.7 Å². The molecule has 2 heterocycles. The topological polar surface area (TPSA) is 143 Å². The molecular formula is C22H20N2O8. The molecule has 4 aliphatic rings. The van der Waals surface area contributed by atoms with E-state index in [0.717, 1.165) is 12.8 Å². The molecule has 10 nitrogen and oxygen atoms in total. The summed E-state index contributed by atoms with van der Waals surface area (Å²) in [6.45, 7) is 0. The van der Waals surface area contributed by atoms with Crippen molar-refractivity contribution in [1.29, 1.82) is 0 Å². The molecule has 2 aromatic heterocycles. The molecule has 4 aliphatic carbocycles. The molecule has 0 aliphatic heterocycles. The molecule has 4 atom stereocenters. The van der Waals surface area contributed by atoms with Crippen LogP contribution < -0.4 is 9.68 Å². The second kappa shape index (κ2) is 6.35. The van der Waals surface area contributed by atoms with Crippen LogP contribution in [0.3, 0.4) is 0 Å². The van der Waals surface area contributed by atoms with E-state index >= 15 is 0 Å². The van der Waals surface area contributed by atoms with E-state index in [-0.39, 0.29) is 47.2 Å². The number of aromatic nitrogens is 2. The van der Waals surface area contributed by atoms with Crippen molar-refractivity contribution in [2.24, 2.45) is 0 Å². The van der Waals surface area contributed by atoms with Crippen LogP contribution in [-0.4, -0.2) is 41.8 Å². The van der Waals surface area contributed by atoms with Crippen molar-refractivity contribution in [3.05, 3.63) is 46.6 Å². The number of aromatic hydroxyl groups is 4. The molecule has 0 radical (unpaired) electrons. The Morgan fingerprint density at radius 2 is 0.938 bits per heavy atom. The predicted octanol–water partition coefficient (Wildman–Crippen LogP) is 1.78. The fraction of sp³-hybridized carbons (Fsp3) is 0.364. The molecule has 4 bridgehead atoms. The third-order valence-corrected chi connectivity index (χ3v) is 6.88. The quantitative estimate of drug-likeness (QED) is 0.515. The zero-order valence-corrected chi connectivity index (χ0v) is 16.8. The van der Waals surface area contributed by atoms with E-state index in [1.54, 1.807) is 0 Å². The summed E-state index contributed by atoms with van der Waals surface area (Å²) in [5.41, 5.74) is 2.21. The van der Waals surface area contributed by atoms with Crippen LogP contribution in [0.1, 0.15) is 71.6 Å². The Bertz CT molecular complexity index is 1080. The summed E-state index contributed by atoms with van der Waals surface area (Å²) < 4.78 is 1.36. The molecule has 0 fully saturated rings. The van der Waals surface area contributed by atoms with Crippen LogP contribution in [0.4, 0.5) is 0 Å². The van der Waals surface area contributed by atoms with Crippen LogP contribution in [-0.2, 0) is 9.59 Å². The van der Waals surface area contributed by atoms with Gasteiger partial charge in [-0.15, -0.1) is 9.46 Å². The number of nitrogens with zero attached hydrogens (tertiary/aromatic N) is 2. The highest BCUT2D eigenvalue weighted by Gasteiger charge is 2.43. The van der Waals surface area contributed by atoms with Gasteiger partial charge in [0.1, 0.15) is 0 Å². The van der Waals surface area contributed by atoms with Crippen molar-refractivity contribution in [1.82, 2.24) is 9.46 Å². The van der Waals surface area contributed by atoms with Gasteiger partial charge in [-0.05, 0) is 12.8 Å². The smallest absolute Gasteiger partial charge is 0.333 e. The maximum Gasteiger partial charge on any atom is 0.333 e. The minimum Gasteiger partial charge on any atom is -0.492 e. The van der Waals surface area contributed by atoms with Gasteiger partial charge in [0.15, 0.2) is 0 Å². The highest BCUT2D eigenvalue weighted by atomic mass is 16.7. The standard InChI is InChI=1S/C22H20N2O8/c25-13(31-23-19(27)15-9-1-2-10(7-9)16(15)20(23)28)5-6-14(26)32-24-21(29)17-11-3-4-12(8-11)18(17)22(24)30/h1-4,9-12,27-30H,5-8H2. The molecule has 4 unspecified atom stereocenters. The highest BCUT2D eigenvalue weighted by Crippen LogP contribution is 2.57. The lowest BCUT2D eigenvalue weighted by atomic mass is 10.0. The summed E-state index contributed by atoms with van der Waals surface area (Å²) in [4.78, 5) is 34.6. The van der Waals surface area contributed by atoms with Crippen LogP contribution >= 0.6 is 0 Å².